The fourth-order valence-corrected chi connectivity index (χ4v) is 13.5. The van der Waals surface area contributed by atoms with Crippen molar-refractivity contribution in [3.05, 3.63) is 56.9 Å². The number of pyridine rings is 2. The third-order valence-corrected chi connectivity index (χ3v) is 16.7. The van der Waals surface area contributed by atoms with Crippen molar-refractivity contribution in [3.63, 3.8) is 0 Å². The van der Waals surface area contributed by atoms with Crippen LogP contribution < -0.4 is 10.3 Å². The lowest BCUT2D eigenvalue weighted by Crippen LogP contribution is -2.58. The van der Waals surface area contributed by atoms with Crippen LogP contribution in [0, 0.1) is 46.3 Å². The number of nitrogens with zero attached hydrogens (tertiary/aromatic N) is 2. The topological polar surface area (TPSA) is 148 Å². The highest BCUT2D eigenvalue weighted by atomic mass is 16.6. The summed E-state index contributed by atoms with van der Waals surface area (Å²) < 4.78 is 12.9. The number of fused-ring (bicyclic) bond motifs is 10. The molecule has 4 fully saturated rings. The molecule has 10 heteroatoms. The van der Waals surface area contributed by atoms with E-state index < -0.39 is 11.6 Å². The molecule has 300 valence electrons. The molecule has 0 saturated heterocycles. The lowest BCUT2D eigenvalue weighted by atomic mass is 9.43. The van der Waals surface area contributed by atoms with Gasteiger partial charge in [0.15, 0.2) is 5.60 Å². The van der Waals surface area contributed by atoms with Crippen LogP contribution in [0.25, 0.3) is 22.3 Å². The summed E-state index contributed by atoms with van der Waals surface area (Å²) in [6, 6.07) is 7.22. The van der Waals surface area contributed by atoms with Gasteiger partial charge in [-0.05, 0) is 147 Å². The zero-order valence-corrected chi connectivity index (χ0v) is 33.6. The number of cyclic esters (lactones) is 1. The van der Waals surface area contributed by atoms with E-state index in [1.807, 2.05) is 12.1 Å². The van der Waals surface area contributed by atoms with Crippen molar-refractivity contribution >= 4 is 22.8 Å². The van der Waals surface area contributed by atoms with Crippen LogP contribution in [0.15, 0.2) is 29.1 Å². The number of esters is 2. The third-order valence-electron chi connectivity index (χ3n) is 16.7. The number of ether oxygens (including phenoxy) is 2. The summed E-state index contributed by atoms with van der Waals surface area (Å²) in [5, 5.41) is 34.5. The standard InChI is InChI=1S/C46H58N2O8/c1-6-28-30-19-27(10-14-37(30)47-41-31(28)22-48-38(41)20-36-32(42(48)52)23-55-43(53)46(36,54)7-2)56-40(51)15-8-24(3)33-12-13-34-29-11-9-25-18-26(49)16-17-44(25,4)35(29)21-39(50)45(33,34)5/h10,14,19-20,24-26,29,33-35,39,49-50,54H,6-9,11-13,15-18,21-23H2,1-5H3/t24-,25?,26-,29?,33?,34?,35?,39+,44+,45-,46+/m1/s1. The Kier molecular flexibility index (Phi) is 9.14. The summed E-state index contributed by atoms with van der Waals surface area (Å²) in [7, 11) is 0. The minimum atomic E-state index is -1.89. The zero-order valence-electron chi connectivity index (χ0n) is 33.6. The van der Waals surface area contributed by atoms with Crippen LogP contribution in [0.5, 0.6) is 5.75 Å². The summed E-state index contributed by atoms with van der Waals surface area (Å²) in [6.07, 6.45) is 9.56. The largest absolute Gasteiger partial charge is 0.458 e. The van der Waals surface area contributed by atoms with Gasteiger partial charge in [-0.15, -0.1) is 0 Å². The van der Waals surface area contributed by atoms with Crippen LogP contribution in [0.4, 0.5) is 0 Å². The van der Waals surface area contributed by atoms with E-state index in [1.165, 1.54) is 12.8 Å². The number of benzene rings is 1. The van der Waals surface area contributed by atoms with E-state index >= 15 is 0 Å². The van der Waals surface area contributed by atoms with Gasteiger partial charge in [0.25, 0.3) is 5.56 Å². The summed E-state index contributed by atoms with van der Waals surface area (Å²) >= 11 is 0. The molecule has 4 heterocycles. The molecule has 2 aliphatic heterocycles. The van der Waals surface area contributed by atoms with Gasteiger partial charge in [-0.25, -0.2) is 9.78 Å². The Hall–Kier alpha value is -3.60. The fourth-order valence-electron chi connectivity index (χ4n) is 13.5. The Balaban J connectivity index is 0.900. The first-order chi connectivity index (χ1) is 26.7. The second kappa shape index (κ2) is 13.5. The highest BCUT2D eigenvalue weighted by Crippen LogP contribution is 2.68. The van der Waals surface area contributed by atoms with Crippen molar-refractivity contribution in [3.8, 4) is 17.1 Å². The van der Waals surface area contributed by atoms with Gasteiger partial charge in [0.2, 0.25) is 0 Å². The quantitative estimate of drug-likeness (QED) is 0.134. The molecule has 3 aromatic rings. The van der Waals surface area contributed by atoms with Gasteiger partial charge in [-0.3, -0.25) is 9.59 Å². The Labute approximate surface area is 329 Å². The van der Waals surface area contributed by atoms with Crippen molar-refractivity contribution in [1.29, 1.82) is 0 Å². The van der Waals surface area contributed by atoms with Crippen molar-refractivity contribution in [2.45, 2.75) is 143 Å². The smallest absolute Gasteiger partial charge is 0.343 e. The summed E-state index contributed by atoms with van der Waals surface area (Å²) in [5.74, 6) is 2.25. The number of rotatable bonds is 7. The number of carbonyl (C=O) groups is 2. The van der Waals surface area contributed by atoms with E-state index in [4.69, 9.17) is 14.5 Å². The first-order valence-corrected chi connectivity index (χ1v) is 21.4. The predicted molar refractivity (Wildman–Crippen MR) is 211 cm³/mol. The average molecular weight is 767 g/mol. The number of aliphatic hydroxyl groups is 3. The summed E-state index contributed by atoms with van der Waals surface area (Å²) in [4.78, 5) is 44.7. The van der Waals surface area contributed by atoms with Gasteiger partial charge in [-0.2, -0.15) is 0 Å². The lowest BCUT2D eigenvalue weighted by molar-refractivity contribution is -0.175. The number of hydrogen-bond donors (Lipinski definition) is 3. The Morgan fingerprint density at radius 2 is 1.84 bits per heavy atom. The average Bonchev–Trinajstić information content (AvgIpc) is 3.74. The predicted octanol–water partition coefficient (Wildman–Crippen LogP) is 6.95. The molecular formula is C46H58N2O8. The molecular weight excluding hydrogens is 709 g/mol. The first kappa shape index (κ1) is 37.9. The van der Waals surface area contributed by atoms with Crippen molar-refractivity contribution in [2.24, 2.45) is 46.3 Å². The van der Waals surface area contributed by atoms with Gasteiger partial charge in [0.05, 0.1) is 41.2 Å². The SMILES string of the molecule is CCc1c2c(nc3ccc(OC(=O)CC[C@@H](C)C4CCC5C6CCC7C[C@H](O)CC[C@]7(C)C6C[C@H](O)[C@@]54C)cc13)-c1cc3c(c(=O)n1C2)COC(=O)[C@]3(O)CC. The van der Waals surface area contributed by atoms with E-state index in [-0.39, 0.29) is 53.5 Å². The van der Waals surface area contributed by atoms with Crippen LogP contribution in [-0.4, -0.2) is 49.0 Å². The second-order valence-corrected chi connectivity index (χ2v) is 18.9. The number of aliphatic hydroxyl groups excluding tert-OH is 2. The molecule has 3 N–H and O–H groups in total. The molecule has 0 amide bonds. The molecule has 10 nitrogen and oxygen atoms in total. The maximum atomic E-state index is 13.7. The van der Waals surface area contributed by atoms with Gasteiger partial charge in [0.1, 0.15) is 12.4 Å². The number of hydrogen-bond acceptors (Lipinski definition) is 9. The normalized spacial score (nSPS) is 36.1. The summed E-state index contributed by atoms with van der Waals surface area (Å²) in [5.41, 5.74) is 2.30. The minimum Gasteiger partial charge on any atom is -0.458 e. The maximum absolute atomic E-state index is 13.7. The molecule has 0 bridgehead atoms. The zero-order chi connectivity index (χ0) is 39.5. The Morgan fingerprint density at radius 3 is 2.61 bits per heavy atom. The van der Waals surface area contributed by atoms with E-state index in [1.54, 1.807) is 23.6 Å². The first-order valence-electron chi connectivity index (χ1n) is 21.4. The number of carbonyl (C=O) groups excluding carboxylic acids is 2. The third kappa shape index (κ3) is 5.44. The number of aryl methyl sites for hydroxylation is 1. The van der Waals surface area contributed by atoms with Crippen molar-refractivity contribution < 1.29 is 34.4 Å². The molecule has 4 aliphatic carbocycles. The lowest BCUT2D eigenvalue weighted by Gasteiger charge is -2.62. The van der Waals surface area contributed by atoms with Gasteiger partial charge in [-0.1, -0.05) is 34.6 Å². The van der Waals surface area contributed by atoms with Crippen LogP contribution in [0.3, 0.4) is 0 Å². The van der Waals surface area contributed by atoms with E-state index in [9.17, 15) is 29.7 Å². The Bertz CT molecular complexity index is 2180. The van der Waals surface area contributed by atoms with E-state index in [0.717, 1.165) is 55.0 Å². The maximum Gasteiger partial charge on any atom is 0.343 e. The van der Waals surface area contributed by atoms with Crippen LogP contribution in [0.1, 0.15) is 128 Å². The molecule has 9 rings (SSSR count). The van der Waals surface area contributed by atoms with Gasteiger partial charge < -0.3 is 29.4 Å². The summed E-state index contributed by atoms with van der Waals surface area (Å²) in [6.45, 7) is 10.9. The van der Waals surface area contributed by atoms with Crippen LogP contribution >= 0.6 is 0 Å². The minimum absolute atomic E-state index is 0.0815. The molecule has 56 heavy (non-hydrogen) atoms. The van der Waals surface area contributed by atoms with Crippen LogP contribution in [0.2, 0.25) is 0 Å². The van der Waals surface area contributed by atoms with Crippen molar-refractivity contribution in [2.75, 3.05) is 0 Å². The highest BCUT2D eigenvalue weighted by Gasteiger charge is 2.63. The van der Waals surface area contributed by atoms with E-state index in [0.29, 0.717) is 89.2 Å². The molecule has 4 saturated carbocycles. The monoisotopic (exact) mass is 766 g/mol. The molecule has 5 unspecified atom stereocenters. The second-order valence-electron chi connectivity index (χ2n) is 18.9. The molecule has 6 aliphatic rings. The van der Waals surface area contributed by atoms with Gasteiger partial charge >= 0.3 is 11.9 Å². The molecule has 0 spiro atoms. The Morgan fingerprint density at radius 1 is 1.04 bits per heavy atom. The molecule has 0 radical (unpaired) electrons. The highest BCUT2D eigenvalue weighted by molar-refractivity contribution is 5.90. The molecule has 11 atom stereocenters. The molecule has 2 aromatic heterocycles. The van der Waals surface area contributed by atoms with Gasteiger partial charge in [0, 0.05) is 22.9 Å². The van der Waals surface area contributed by atoms with E-state index in [2.05, 4.69) is 27.7 Å². The number of aromatic nitrogens is 2. The fraction of sp³-hybridized carbons (Fsp3) is 0.652. The van der Waals surface area contributed by atoms with Crippen molar-refractivity contribution in [1.82, 2.24) is 9.55 Å². The van der Waals surface area contributed by atoms with Crippen LogP contribution in [-0.2, 0) is 39.5 Å². The molecule has 1 aromatic carbocycles.